The molecule has 18 heavy (non-hydrogen) atoms. The van der Waals surface area contributed by atoms with Gasteiger partial charge in [-0.15, -0.1) is 17.0 Å². The third kappa shape index (κ3) is 2.65. The molecule has 0 aromatic heterocycles. The highest BCUT2D eigenvalue weighted by Crippen LogP contribution is 2.26. The maximum Gasteiger partial charge on any atom is 0.0445 e. The van der Waals surface area contributed by atoms with Crippen molar-refractivity contribution in [1.29, 1.82) is 0 Å². The van der Waals surface area contributed by atoms with Gasteiger partial charge in [-0.05, 0) is 17.2 Å². The molecule has 0 unspecified atom stereocenters. The van der Waals surface area contributed by atoms with Crippen LogP contribution >= 0.6 is 17.0 Å². The molecule has 0 N–H and O–H groups in total. The van der Waals surface area contributed by atoms with Crippen LogP contribution in [0.5, 0.6) is 0 Å². The maximum absolute atomic E-state index is 2.41. The van der Waals surface area contributed by atoms with Gasteiger partial charge >= 0.3 is 0 Å². The fourth-order valence-electron chi connectivity index (χ4n) is 2.28. The lowest BCUT2D eigenvalue weighted by atomic mass is 10.1. The number of rotatable bonds is 2. The highest BCUT2D eigenvalue weighted by atomic mass is 79.9. The summed E-state index contributed by atoms with van der Waals surface area (Å²) in [6.45, 7) is 1.97. The molecule has 0 atom stereocenters. The Labute approximate surface area is 119 Å². The maximum atomic E-state index is 2.41. The van der Waals surface area contributed by atoms with Gasteiger partial charge in [0.2, 0.25) is 0 Å². The van der Waals surface area contributed by atoms with Gasteiger partial charge in [-0.2, -0.15) is 0 Å². The number of nitrogens with zero attached hydrogens (tertiary/aromatic N) is 1. The molecule has 0 spiro atoms. The van der Waals surface area contributed by atoms with Crippen molar-refractivity contribution in [2.75, 3.05) is 11.4 Å². The molecule has 2 aromatic rings. The van der Waals surface area contributed by atoms with Crippen LogP contribution in [0.4, 0.5) is 5.69 Å². The van der Waals surface area contributed by atoms with E-state index in [9.17, 15) is 0 Å². The Kier molecular flexibility index (Phi) is 4.21. The Morgan fingerprint density at radius 2 is 1.61 bits per heavy atom. The molecule has 1 aliphatic rings. The van der Waals surface area contributed by atoms with Crippen LogP contribution in [0.1, 0.15) is 11.1 Å². The van der Waals surface area contributed by atoms with Crippen LogP contribution in [0.15, 0.2) is 60.7 Å². The number of para-hydroxylation sites is 1. The lowest BCUT2D eigenvalue weighted by molar-refractivity contribution is 0.861. The van der Waals surface area contributed by atoms with Gasteiger partial charge in [-0.3, -0.25) is 0 Å². The van der Waals surface area contributed by atoms with E-state index in [4.69, 9.17) is 0 Å². The van der Waals surface area contributed by atoms with Crippen molar-refractivity contribution in [3.05, 3.63) is 71.8 Å². The monoisotopic (exact) mass is 301 g/mol. The third-order valence-electron chi connectivity index (χ3n) is 3.12. The van der Waals surface area contributed by atoms with Crippen LogP contribution in [0.25, 0.3) is 6.08 Å². The van der Waals surface area contributed by atoms with Crippen molar-refractivity contribution in [3.8, 4) is 0 Å². The summed E-state index contributed by atoms with van der Waals surface area (Å²) in [4.78, 5) is 2.41. The summed E-state index contributed by atoms with van der Waals surface area (Å²) in [6.07, 6.45) is 4.43. The normalized spacial score (nSPS) is 12.8. The van der Waals surface area contributed by atoms with E-state index in [-0.39, 0.29) is 17.0 Å². The van der Waals surface area contributed by atoms with E-state index in [0.29, 0.717) is 0 Å². The van der Waals surface area contributed by atoms with E-state index in [1.165, 1.54) is 16.8 Å². The van der Waals surface area contributed by atoms with Gasteiger partial charge in [-0.25, -0.2) is 0 Å². The molecule has 0 amide bonds. The molecule has 0 aliphatic carbocycles. The summed E-state index contributed by atoms with van der Waals surface area (Å²) in [5.41, 5.74) is 4.01. The smallest absolute Gasteiger partial charge is 0.0445 e. The topological polar surface area (TPSA) is 3.24 Å². The standard InChI is InChI=1S/C16H15N.BrH/c1-2-7-14(8-3-1)13-17-12-6-10-15-9-4-5-11-16(15)17;/h1-11H,12-13H2;1H. The van der Waals surface area contributed by atoms with E-state index in [0.717, 1.165) is 13.1 Å². The van der Waals surface area contributed by atoms with Gasteiger partial charge in [0.15, 0.2) is 0 Å². The van der Waals surface area contributed by atoms with Gasteiger partial charge in [0.05, 0.1) is 0 Å². The molecule has 0 radical (unpaired) electrons. The quantitative estimate of drug-likeness (QED) is 0.799. The number of halogens is 1. The zero-order valence-electron chi connectivity index (χ0n) is 10.1. The molecule has 1 nitrogen and oxygen atoms in total. The van der Waals surface area contributed by atoms with Crippen molar-refractivity contribution >= 4 is 28.7 Å². The second kappa shape index (κ2) is 5.87. The number of fused-ring (bicyclic) bond motifs is 1. The molecule has 2 heteroatoms. The molecule has 1 heterocycles. The van der Waals surface area contributed by atoms with E-state index in [1.54, 1.807) is 0 Å². The fraction of sp³-hybridized carbons (Fsp3) is 0.125. The summed E-state index contributed by atoms with van der Waals surface area (Å²) in [7, 11) is 0. The van der Waals surface area contributed by atoms with Crippen LogP contribution in [0, 0.1) is 0 Å². The Morgan fingerprint density at radius 1 is 0.889 bits per heavy atom. The second-order valence-electron chi connectivity index (χ2n) is 4.33. The Morgan fingerprint density at radius 3 is 2.44 bits per heavy atom. The number of benzene rings is 2. The van der Waals surface area contributed by atoms with Crippen molar-refractivity contribution in [2.24, 2.45) is 0 Å². The van der Waals surface area contributed by atoms with Gasteiger partial charge in [0, 0.05) is 18.8 Å². The average Bonchev–Trinajstić information content (AvgIpc) is 2.40. The van der Waals surface area contributed by atoms with E-state index < -0.39 is 0 Å². The number of anilines is 1. The van der Waals surface area contributed by atoms with Gasteiger partial charge in [0.1, 0.15) is 0 Å². The van der Waals surface area contributed by atoms with Crippen molar-refractivity contribution in [2.45, 2.75) is 6.54 Å². The highest BCUT2D eigenvalue weighted by Gasteiger charge is 2.11. The molecule has 0 saturated heterocycles. The summed E-state index contributed by atoms with van der Waals surface area (Å²) in [6, 6.07) is 19.2. The lowest BCUT2D eigenvalue weighted by Gasteiger charge is -2.28. The van der Waals surface area contributed by atoms with E-state index in [2.05, 4.69) is 71.6 Å². The Balaban J connectivity index is 0.00000120. The molecule has 3 rings (SSSR count). The van der Waals surface area contributed by atoms with Crippen LogP contribution in [0.2, 0.25) is 0 Å². The molecule has 0 bridgehead atoms. The minimum atomic E-state index is 0. The SMILES string of the molecule is Br.C1=Cc2ccccc2N(Cc2ccccc2)C1. The minimum Gasteiger partial charge on any atom is -0.363 e. The van der Waals surface area contributed by atoms with Gasteiger partial charge in [0.25, 0.3) is 0 Å². The largest absolute Gasteiger partial charge is 0.363 e. The minimum absolute atomic E-state index is 0. The predicted molar refractivity (Wildman–Crippen MR) is 83.3 cm³/mol. The average molecular weight is 302 g/mol. The number of hydrogen-bond donors (Lipinski definition) is 0. The van der Waals surface area contributed by atoms with Crippen LogP contribution < -0.4 is 4.90 Å². The van der Waals surface area contributed by atoms with Crippen molar-refractivity contribution < 1.29 is 0 Å². The van der Waals surface area contributed by atoms with Crippen molar-refractivity contribution in [1.82, 2.24) is 0 Å². The molecule has 0 fully saturated rings. The highest BCUT2D eigenvalue weighted by molar-refractivity contribution is 8.93. The number of hydrogen-bond acceptors (Lipinski definition) is 1. The second-order valence-corrected chi connectivity index (χ2v) is 4.33. The third-order valence-corrected chi connectivity index (χ3v) is 3.12. The molecular formula is C16H16BrN. The predicted octanol–water partition coefficient (Wildman–Crippen LogP) is 4.30. The van der Waals surface area contributed by atoms with Gasteiger partial charge in [-0.1, -0.05) is 60.7 Å². The first-order valence-corrected chi connectivity index (χ1v) is 5.98. The zero-order valence-corrected chi connectivity index (χ0v) is 11.8. The summed E-state index contributed by atoms with van der Waals surface area (Å²) < 4.78 is 0. The van der Waals surface area contributed by atoms with Gasteiger partial charge < -0.3 is 4.90 Å². The Bertz CT molecular complexity index is 534. The van der Waals surface area contributed by atoms with Crippen LogP contribution in [-0.2, 0) is 6.54 Å². The van der Waals surface area contributed by atoms with Crippen molar-refractivity contribution in [3.63, 3.8) is 0 Å². The molecule has 92 valence electrons. The fourth-order valence-corrected chi connectivity index (χ4v) is 2.28. The van der Waals surface area contributed by atoms with E-state index in [1.807, 2.05) is 0 Å². The first-order chi connectivity index (χ1) is 8.43. The molecule has 2 aromatic carbocycles. The summed E-state index contributed by atoms with van der Waals surface area (Å²) in [5.74, 6) is 0. The molecule has 0 saturated carbocycles. The first kappa shape index (κ1) is 12.9. The molecular weight excluding hydrogens is 286 g/mol. The lowest BCUT2D eigenvalue weighted by Crippen LogP contribution is -2.25. The Hall–Kier alpha value is -1.54. The summed E-state index contributed by atoms with van der Waals surface area (Å²) in [5, 5.41) is 0. The summed E-state index contributed by atoms with van der Waals surface area (Å²) >= 11 is 0. The van der Waals surface area contributed by atoms with Crippen LogP contribution in [-0.4, -0.2) is 6.54 Å². The molecule has 1 aliphatic heterocycles. The first-order valence-electron chi connectivity index (χ1n) is 5.98. The van der Waals surface area contributed by atoms with E-state index >= 15 is 0 Å². The zero-order chi connectivity index (χ0) is 11.5. The van der Waals surface area contributed by atoms with Crippen LogP contribution in [0.3, 0.4) is 0 Å².